The van der Waals surface area contributed by atoms with E-state index in [1.165, 1.54) is 11.1 Å². The molecule has 0 radical (unpaired) electrons. The lowest BCUT2D eigenvalue weighted by molar-refractivity contribution is -0.145. The van der Waals surface area contributed by atoms with Gasteiger partial charge in [0.25, 0.3) is 0 Å². The number of pyridine rings is 2. The van der Waals surface area contributed by atoms with Gasteiger partial charge in [-0.25, -0.2) is 9.97 Å². The van der Waals surface area contributed by atoms with Crippen molar-refractivity contribution in [3.8, 4) is 0 Å². The molecule has 2 aliphatic rings. The summed E-state index contributed by atoms with van der Waals surface area (Å²) in [4.78, 5) is 28.8. The molecule has 10 heteroatoms. The maximum absolute atomic E-state index is 14.2. The molecule has 3 heterocycles. The average molecular weight is 579 g/mol. The molecule has 1 aromatic carbocycles. The van der Waals surface area contributed by atoms with Crippen LogP contribution in [0, 0.1) is 0 Å². The minimum atomic E-state index is -0.631. The predicted octanol–water partition coefficient (Wildman–Crippen LogP) is 5.40. The van der Waals surface area contributed by atoms with Gasteiger partial charge in [0.2, 0.25) is 5.91 Å². The Morgan fingerprint density at radius 1 is 0.838 bits per heavy atom. The molecule has 0 saturated carbocycles. The number of carbonyl (C=O) groups is 1. The first-order valence-corrected chi connectivity index (χ1v) is 13.7. The van der Waals surface area contributed by atoms with Gasteiger partial charge in [-0.1, -0.05) is 70.7 Å². The van der Waals surface area contributed by atoms with E-state index in [1.54, 1.807) is 17.0 Å². The number of rotatable bonds is 6. The Kier molecular flexibility index (Phi) is 7.96. The number of piperazine rings is 1. The number of hydrogen-bond acceptors (Lipinski definition) is 5. The number of halogens is 4. The van der Waals surface area contributed by atoms with E-state index >= 15 is 0 Å². The summed E-state index contributed by atoms with van der Waals surface area (Å²) < 4.78 is 0. The zero-order valence-corrected chi connectivity index (χ0v) is 23.5. The fraction of sp³-hybridized carbons (Fsp3) is 0.370. The fourth-order valence-corrected chi connectivity index (χ4v) is 6.62. The van der Waals surface area contributed by atoms with Crippen LogP contribution in [0.15, 0.2) is 48.5 Å². The summed E-state index contributed by atoms with van der Waals surface area (Å²) in [6.45, 7) is 4.38. The van der Waals surface area contributed by atoms with Gasteiger partial charge in [-0.2, -0.15) is 0 Å². The molecule has 1 saturated heterocycles. The van der Waals surface area contributed by atoms with Crippen molar-refractivity contribution in [2.45, 2.75) is 31.5 Å². The highest BCUT2D eigenvalue weighted by Crippen LogP contribution is 2.37. The van der Waals surface area contributed by atoms with E-state index in [0.717, 1.165) is 43.9 Å². The number of benzene rings is 1. The Morgan fingerprint density at radius 3 is 1.84 bits per heavy atom. The van der Waals surface area contributed by atoms with Crippen LogP contribution >= 0.6 is 46.4 Å². The van der Waals surface area contributed by atoms with Gasteiger partial charge in [-0.15, -0.1) is 0 Å². The third-order valence-electron chi connectivity index (χ3n) is 7.28. The van der Waals surface area contributed by atoms with E-state index in [-0.39, 0.29) is 5.91 Å². The van der Waals surface area contributed by atoms with Crippen molar-refractivity contribution < 1.29 is 4.79 Å². The molecule has 1 aliphatic carbocycles. The number of nitrogens with zero attached hydrogens (tertiary/aromatic N) is 5. The van der Waals surface area contributed by atoms with Crippen LogP contribution in [0.3, 0.4) is 0 Å². The minimum Gasteiger partial charge on any atom is -0.340 e. The molecule has 0 unspecified atom stereocenters. The van der Waals surface area contributed by atoms with Gasteiger partial charge >= 0.3 is 0 Å². The van der Waals surface area contributed by atoms with Crippen molar-refractivity contribution in [3.63, 3.8) is 0 Å². The van der Waals surface area contributed by atoms with E-state index in [2.05, 4.69) is 31.9 Å². The summed E-state index contributed by atoms with van der Waals surface area (Å²) in [5.41, 5.74) is 3.73. The summed E-state index contributed by atoms with van der Waals surface area (Å²) in [5.74, 6) is 0.105. The van der Waals surface area contributed by atoms with Crippen LogP contribution < -0.4 is 0 Å². The normalized spacial score (nSPS) is 17.5. The molecule has 1 fully saturated rings. The molecule has 0 spiro atoms. The predicted molar refractivity (Wildman–Crippen MR) is 148 cm³/mol. The molecule has 2 aromatic heterocycles. The van der Waals surface area contributed by atoms with Gasteiger partial charge in [0, 0.05) is 59.2 Å². The molecule has 194 valence electrons. The van der Waals surface area contributed by atoms with Gasteiger partial charge < -0.3 is 4.90 Å². The van der Waals surface area contributed by atoms with Crippen LogP contribution in [-0.2, 0) is 30.7 Å². The van der Waals surface area contributed by atoms with E-state index in [4.69, 9.17) is 46.4 Å². The van der Waals surface area contributed by atoms with Gasteiger partial charge in [0.15, 0.2) is 0 Å². The number of carbonyl (C=O) groups excluding carboxylic acids is 1. The minimum absolute atomic E-state index is 0.105. The lowest BCUT2D eigenvalue weighted by Crippen LogP contribution is -2.64. The third-order valence-corrected chi connectivity index (χ3v) is 8.05. The van der Waals surface area contributed by atoms with Crippen LogP contribution in [-0.4, -0.2) is 69.3 Å². The summed E-state index contributed by atoms with van der Waals surface area (Å²) >= 11 is 24.4. The number of amides is 1. The number of fused-ring (bicyclic) bond motifs is 1. The van der Waals surface area contributed by atoms with Gasteiger partial charge in [-0.05, 0) is 46.5 Å². The highest BCUT2D eigenvalue weighted by Gasteiger charge is 2.50. The molecular formula is C27H27Cl4N5O. The second-order valence-corrected chi connectivity index (χ2v) is 11.4. The first-order valence-electron chi connectivity index (χ1n) is 12.2. The fourth-order valence-electron chi connectivity index (χ4n) is 5.61. The maximum atomic E-state index is 14.2. The topological polar surface area (TPSA) is 52.6 Å². The van der Waals surface area contributed by atoms with E-state index in [1.807, 2.05) is 31.3 Å². The number of aromatic nitrogens is 2. The Balaban J connectivity index is 1.34. The number of hydrogen-bond donors (Lipinski definition) is 0. The summed E-state index contributed by atoms with van der Waals surface area (Å²) in [6, 6.07) is 15.6. The maximum Gasteiger partial charge on any atom is 0.243 e. The third kappa shape index (κ3) is 5.90. The smallest absolute Gasteiger partial charge is 0.243 e. The Morgan fingerprint density at radius 2 is 1.32 bits per heavy atom. The van der Waals surface area contributed by atoms with E-state index in [9.17, 15) is 4.79 Å². The first kappa shape index (κ1) is 26.7. The van der Waals surface area contributed by atoms with Crippen LogP contribution in [0.1, 0.15) is 22.3 Å². The summed E-state index contributed by atoms with van der Waals surface area (Å²) in [6.07, 6.45) is 1.39. The molecule has 0 atom stereocenters. The highest BCUT2D eigenvalue weighted by atomic mass is 35.5. The second kappa shape index (κ2) is 11.0. The van der Waals surface area contributed by atoms with Crippen molar-refractivity contribution in [1.29, 1.82) is 0 Å². The second-order valence-electron chi connectivity index (χ2n) is 9.82. The van der Waals surface area contributed by atoms with Crippen molar-refractivity contribution in [2.75, 3.05) is 33.2 Å². The van der Waals surface area contributed by atoms with Crippen molar-refractivity contribution in [1.82, 2.24) is 24.7 Å². The summed E-state index contributed by atoms with van der Waals surface area (Å²) in [7, 11) is 1.85. The van der Waals surface area contributed by atoms with Crippen LogP contribution in [0.2, 0.25) is 20.6 Å². The number of likely N-dealkylation sites (N-methyl/N-ethyl adjacent to an activating group) is 1. The lowest BCUT2D eigenvalue weighted by Gasteiger charge is -2.46. The van der Waals surface area contributed by atoms with Crippen molar-refractivity contribution in [3.05, 3.63) is 91.4 Å². The molecule has 6 nitrogen and oxygen atoms in total. The lowest BCUT2D eigenvalue weighted by atomic mass is 9.90. The van der Waals surface area contributed by atoms with Gasteiger partial charge in [0.05, 0.1) is 0 Å². The van der Waals surface area contributed by atoms with E-state index < -0.39 is 5.54 Å². The SMILES string of the molecule is CN(Cc1cc(Cl)nc(Cl)c1)C(=O)C1(N2CCN(Cc3cc(Cl)nc(Cl)c3)CC2)Cc2ccccc2C1. The zero-order valence-electron chi connectivity index (χ0n) is 20.4. The largest absolute Gasteiger partial charge is 0.340 e. The van der Waals surface area contributed by atoms with E-state index in [0.29, 0.717) is 40.0 Å². The first-order chi connectivity index (χ1) is 17.7. The Hall–Kier alpha value is -1.93. The molecule has 3 aromatic rings. The molecule has 0 bridgehead atoms. The summed E-state index contributed by atoms with van der Waals surface area (Å²) in [5, 5.41) is 1.43. The molecule has 0 N–H and O–H groups in total. The van der Waals surface area contributed by atoms with Gasteiger partial charge in [-0.3, -0.25) is 14.6 Å². The zero-order chi connectivity index (χ0) is 26.2. The van der Waals surface area contributed by atoms with Crippen LogP contribution in [0.5, 0.6) is 0 Å². The van der Waals surface area contributed by atoms with Crippen LogP contribution in [0.25, 0.3) is 0 Å². The average Bonchev–Trinajstić information content (AvgIpc) is 3.23. The standard InChI is InChI=1S/C27H27Cl4N5O/c1-34(16-18-10-22(28)32-23(29)11-18)26(37)27(14-20-4-2-3-5-21(20)15-27)36-8-6-35(7-9-36)17-19-12-24(30)33-25(31)13-19/h2-5,10-13H,6-9,14-17H2,1H3. The Bertz CT molecular complexity index is 1250. The molecule has 1 amide bonds. The molecule has 1 aliphatic heterocycles. The molecule has 37 heavy (non-hydrogen) atoms. The highest BCUT2D eigenvalue weighted by molar-refractivity contribution is 6.33. The molecule has 5 rings (SSSR count). The van der Waals surface area contributed by atoms with Crippen LogP contribution in [0.4, 0.5) is 0 Å². The Labute approximate surface area is 237 Å². The quantitative estimate of drug-likeness (QED) is 0.366. The monoisotopic (exact) mass is 577 g/mol. The molecular weight excluding hydrogens is 552 g/mol. The van der Waals surface area contributed by atoms with Crippen molar-refractivity contribution in [2.24, 2.45) is 0 Å². The van der Waals surface area contributed by atoms with Gasteiger partial charge in [0.1, 0.15) is 26.2 Å². The van der Waals surface area contributed by atoms with Crippen molar-refractivity contribution >= 4 is 52.3 Å².